The molecule has 0 aliphatic rings. The van der Waals surface area contributed by atoms with Crippen molar-refractivity contribution in [1.82, 2.24) is 0 Å². The molecule has 0 bridgehead atoms. The second kappa shape index (κ2) is 5.29. The van der Waals surface area contributed by atoms with Crippen LogP contribution in [0.25, 0.3) is 0 Å². The van der Waals surface area contributed by atoms with Gasteiger partial charge < -0.3 is 9.47 Å². The maximum absolute atomic E-state index is 10.8. The zero-order valence-corrected chi connectivity index (χ0v) is 7.83. The van der Waals surface area contributed by atoms with Gasteiger partial charge in [0, 0.05) is 6.92 Å². The van der Waals surface area contributed by atoms with Crippen molar-refractivity contribution in [2.24, 2.45) is 0 Å². The molecule has 0 aromatic heterocycles. The molecule has 5 heteroatoms. The first-order valence-electron chi connectivity index (χ1n) is 3.76. The molecule has 0 fully saturated rings. The lowest BCUT2D eigenvalue weighted by Gasteiger charge is -2.09. The van der Waals surface area contributed by atoms with Gasteiger partial charge in [-0.1, -0.05) is 0 Å². The van der Waals surface area contributed by atoms with Gasteiger partial charge in [0.1, 0.15) is 0 Å². The van der Waals surface area contributed by atoms with E-state index >= 15 is 0 Å². The lowest BCUT2D eigenvalue weighted by molar-refractivity contribution is -0.162. The van der Waals surface area contributed by atoms with E-state index in [1.54, 1.807) is 0 Å². The third kappa shape index (κ3) is 5.84. The summed E-state index contributed by atoms with van der Waals surface area (Å²) in [4.78, 5) is 31.7. The molecule has 1 atom stereocenters. The molecule has 74 valence electrons. The van der Waals surface area contributed by atoms with Crippen LogP contribution in [0.3, 0.4) is 0 Å². The highest BCUT2D eigenvalue weighted by atomic mass is 16.6. The monoisotopic (exact) mass is 188 g/mol. The quantitative estimate of drug-likeness (QED) is 0.584. The van der Waals surface area contributed by atoms with Crippen LogP contribution in [-0.2, 0) is 23.9 Å². The molecule has 5 nitrogen and oxygen atoms in total. The molecule has 0 amide bonds. The molecule has 0 aliphatic carbocycles. The SMILES string of the molecule is CC(=O)OCC(=O)OC(C)C(C)=O. The van der Waals surface area contributed by atoms with Crippen molar-refractivity contribution < 1.29 is 23.9 Å². The molecule has 0 spiro atoms. The van der Waals surface area contributed by atoms with Gasteiger partial charge >= 0.3 is 11.9 Å². The Balaban J connectivity index is 3.74. The number of rotatable bonds is 4. The summed E-state index contributed by atoms with van der Waals surface area (Å²) in [5.41, 5.74) is 0. The summed E-state index contributed by atoms with van der Waals surface area (Å²) < 4.78 is 8.96. The fraction of sp³-hybridized carbons (Fsp3) is 0.625. The van der Waals surface area contributed by atoms with E-state index in [1.165, 1.54) is 20.8 Å². The molecule has 0 rings (SSSR count). The molecule has 0 saturated carbocycles. The van der Waals surface area contributed by atoms with E-state index in [4.69, 9.17) is 0 Å². The molecule has 13 heavy (non-hydrogen) atoms. The highest BCUT2D eigenvalue weighted by Crippen LogP contribution is 1.93. The molecular formula is C8H12O5. The van der Waals surface area contributed by atoms with Crippen molar-refractivity contribution in [1.29, 1.82) is 0 Å². The minimum absolute atomic E-state index is 0.254. The molecule has 0 heterocycles. The Morgan fingerprint density at radius 2 is 1.77 bits per heavy atom. The number of Topliss-reactive ketones (excluding diaryl/α,β-unsaturated/α-hetero) is 1. The molecule has 0 radical (unpaired) electrons. The van der Waals surface area contributed by atoms with Crippen LogP contribution in [0, 0.1) is 0 Å². The number of carbonyl (C=O) groups excluding carboxylic acids is 3. The molecule has 0 aromatic carbocycles. The van der Waals surface area contributed by atoms with Crippen molar-refractivity contribution in [3.63, 3.8) is 0 Å². The fourth-order valence-corrected chi connectivity index (χ4v) is 0.475. The van der Waals surface area contributed by atoms with E-state index in [-0.39, 0.29) is 5.78 Å². The zero-order chi connectivity index (χ0) is 10.4. The van der Waals surface area contributed by atoms with Crippen LogP contribution in [0.15, 0.2) is 0 Å². The van der Waals surface area contributed by atoms with Gasteiger partial charge in [0.05, 0.1) is 0 Å². The second-order valence-corrected chi connectivity index (χ2v) is 2.52. The highest BCUT2D eigenvalue weighted by Gasteiger charge is 2.13. The third-order valence-electron chi connectivity index (χ3n) is 1.27. The number of carbonyl (C=O) groups is 3. The van der Waals surface area contributed by atoms with Gasteiger partial charge in [0.25, 0.3) is 0 Å². The van der Waals surface area contributed by atoms with Crippen LogP contribution in [0.2, 0.25) is 0 Å². The first kappa shape index (κ1) is 11.6. The largest absolute Gasteiger partial charge is 0.454 e. The zero-order valence-electron chi connectivity index (χ0n) is 7.83. The first-order valence-corrected chi connectivity index (χ1v) is 3.76. The van der Waals surface area contributed by atoms with Crippen LogP contribution in [0.1, 0.15) is 20.8 Å². The third-order valence-corrected chi connectivity index (χ3v) is 1.27. The van der Waals surface area contributed by atoms with Gasteiger partial charge in [-0.05, 0) is 13.8 Å². The standard InChI is InChI=1S/C8H12O5/c1-5(9)6(2)13-8(11)4-12-7(3)10/h6H,4H2,1-3H3. The van der Waals surface area contributed by atoms with Crippen LogP contribution in [0.5, 0.6) is 0 Å². The number of hydrogen-bond donors (Lipinski definition) is 0. The summed E-state index contributed by atoms with van der Waals surface area (Å²) in [5.74, 6) is -1.54. The Hall–Kier alpha value is -1.39. The number of esters is 2. The Morgan fingerprint density at radius 3 is 2.15 bits per heavy atom. The summed E-state index contributed by atoms with van der Waals surface area (Å²) in [7, 11) is 0. The predicted octanol–water partition coefficient (Wildman–Crippen LogP) is 0.0702. The Bertz CT molecular complexity index is 221. The van der Waals surface area contributed by atoms with Gasteiger partial charge in [0.15, 0.2) is 18.5 Å². The highest BCUT2D eigenvalue weighted by molar-refractivity contribution is 5.83. The summed E-state index contributed by atoms with van der Waals surface area (Å²) in [5, 5.41) is 0. The van der Waals surface area contributed by atoms with E-state index in [9.17, 15) is 14.4 Å². The van der Waals surface area contributed by atoms with Crippen LogP contribution >= 0.6 is 0 Å². The van der Waals surface area contributed by atoms with Gasteiger partial charge in [-0.25, -0.2) is 4.79 Å². The Morgan fingerprint density at radius 1 is 1.23 bits per heavy atom. The topological polar surface area (TPSA) is 69.7 Å². The molecule has 0 aromatic rings. The summed E-state index contributed by atoms with van der Waals surface area (Å²) >= 11 is 0. The average molecular weight is 188 g/mol. The average Bonchev–Trinajstić information content (AvgIpc) is 2.00. The van der Waals surface area contributed by atoms with Gasteiger partial charge in [-0.2, -0.15) is 0 Å². The van der Waals surface area contributed by atoms with Gasteiger partial charge in [0.2, 0.25) is 0 Å². The van der Waals surface area contributed by atoms with Crippen LogP contribution < -0.4 is 0 Å². The maximum Gasteiger partial charge on any atom is 0.344 e. The van der Waals surface area contributed by atoms with E-state index in [0.717, 1.165) is 0 Å². The Labute approximate surface area is 76.0 Å². The predicted molar refractivity (Wildman–Crippen MR) is 42.9 cm³/mol. The van der Waals surface area contributed by atoms with Crippen molar-refractivity contribution in [2.75, 3.05) is 6.61 Å². The number of ether oxygens (including phenoxy) is 2. The number of ketones is 1. The first-order chi connectivity index (χ1) is 5.93. The van der Waals surface area contributed by atoms with E-state index in [2.05, 4.69) is 9.47 Å². The minimum atomic E-state index is -0.789. The molecular weight excluding hydrogens is 176 g/mol. The van der Waals surface area contributed by atoms with Gasteiger partial charge in [-0.15, -0.1) is 0 Å². The fourth-order valence-electron chi connectivity index (χ4n) is 0.475. The van der Waals surface area contributed by atoms with E-state index in [0.29, 0.717) is 0 Å². The second-order valence-electron chi connectivity index (χ2n) is 2.52. The lowest BCUT2D eigenvalue weighted by atomic mass is 10.3. The minimum Gasteiger partial charge on any atom is -0.454 e. The van der Waals surface area contributed by atoms with Crippen molar-refractivity contribution >= 4 is 17.7 Å². The van der Waals surface area contributed by atoms with E-state index < -0.39 is 24.6 Å². The van der Waals surface area contributed by atoms with Crippen molar-refractivity contribution in [3.05, 3.63) is 0 Å². The summed E-state index contributed by atoms with van der Waals surface area (Å²) in [6.07, 6.45) is -0.789. The molecule has 0 saturated heterocycles. The van der Waals surface area contributed by atoms with Crippen LogP contribution in [0.4, 0.5) is 0 Å². The van der Waals surface area contributed by atoms with Crippen LogP contribution in [-0.4, -0.2) is 30.4 Å². The smallest absolute Gasteiger partial charge is 0.344 e. The number of hydrogen-bond acceptors (Lipinski definition) is 5. The Kier molecular flexibility index (Phi) is 4.72. The van der Waals surface area contributed by atoms with Crippen molar-refractivity contribution in [3.8, 4) is 0 Å². The van der Waals surface area contributed by atoms with E-state index in [1.807, 2.05) is 0 Å². The summed E-state index contributed by atoms with van der Waals surface area (Å²) in [6.45, 7) is 3.49. The van der Waals surface area contributed by atoms with Gasteiger partial charge in [-0.3, -0.25) is 9.59 Å². The summed E-state index contributed by atoms with van der Waals surface area (Å²) in [6, 6.07) is 0. The van der Waals surface area contributed by atoms with Crippen molar-refractivity contribution in [2.45, 2.75) is 26.9 Å². The lowest BCUT2D eigenvalue weighted by Crippen LogP contribution is -2.25. The molecule has 1 unspecified atom stereocenters. The molecule has 0 aliphatic heterocycles. The molecule has 0 N–H and O–H groups in total. The maximum atomic E-state index is 10.8. The normalized spacial score (nSPS) is 11.6.